The van der Waals surface area contributed by atoms with E-state index in [0.29, 0.717) is 11.8 Å². The predicted octanol–water partition coefficient (Wildman–Crippen LogP) is 4.18. The minimum Gasteiger partial charge on any atom is -0.369 e. The SMILES string of the molecule is CCCCCc1ccc(NC(N)=Nc2cccc(C)n2)cc1. The van der Waals surface area contributed by atoms with Gasteiger partial charge >= 0.3 is 0 Å². The summed E-state index contributed by atoms with van der Waals surface area (Å²) in [6, 6.07) is 14.0. The molecule has 1 heterocycles. The van der Waals surface area contributed by atoms with Gasteiger partial charge in [-0.25, -0.2) is 4.98 Å². The molecular weight excluding hydrogens is 272 g/mol. The second kappa shape index (κ2) is 8.17. The van der Waals surface area contributed by atoms with Gasteiger partial charge in [-0.1, -0.05) is 38.0 Å². The van der Waals surface area contributed by atoms with Crippen molar-refractivity contribution in [1.29, 1.82) is 0 Å². The lowest BCUT2D eigenvalue weighted by molar-refractivity contribution is 0.717. The van der Waals surface area contributed by atoms with Crippen molar-refractivity contribution < 1.29 is 0 Å². The Labute approximate surface area is 132 Å². The second-order valence-corrected chi connectivity index (χ2v) is 5.41. The molecule has 0 bridgehead atoms. The number of pyridine rings is 1. The van der Waals surface area contributed by atoms with Crippen LogP contribution < -0.4 is 11.1 Å². The Morgan fingerprint density at radius 2 is 1.91 bits per heavy atom. The third kappa shape index (κ3) is 5.20. The highest BCUT2D eigenvalue weighted by Gasteiger charge is 1.98. The summed E-state index contributed by atoms with van der Waals surface area (Å²) in [6.45, 7) is 4.15. The number of nitrogens with zero attached hydrogens (tertiary/aromatic N) is 2. The summed E-state index contributed by atoms with van der Waals surface area (Å²) >= 11 is 0. The summed E-state index contributed by atoms with van der Waals surface area (Å²) in [5.74, 6) is 0.956. The van der Waals surface area contributed by atoms with Gasteiger partial charge in [0.1, 0.15) is 0 Å². The van der Waals surface area contributed by atoms with Crippen LogP contribution in [0.25, 0.3) is 0 Å². The van der Waals surface area contributed by atoms with E-state index >= 15 is 0 Å². The van der Waals surface area contributed by atoms with Crippen LogP contribution >= 0.6 is 0 Å². The monoisotopic (exact) mass is 296 g/mol. The van der Waals surface area contributed by atoms with Gasteiger partial charge in [-0.3, -0.25) is 0 Å². The minimum absolute atomic E-state index is 0.344. The highest BCUT2D eigenvalue weighted by molar-refractivity contribution is 5.93. The predicted molar refractivity (Wildman–Crippen MR) is 93.6 cm³/mol. The fourth-order valence-electron chi connectivity index (χ4n) is 2.22. The van der Waals surface area contributed by atoms with Crippen molar-refractivity contribution in [3.05, 3.63) is 53.7 Å². The van der Waals surface area contributed by atoms with E-state index in [1.165, 1.54) is 24.8 Å². The first-order chi connectivity index (χ1) is 10.7. The highest BCUT2D eigenvalue weighted by Crippen LogP contribution is 2.13. The van der Waals surface area contributed by atoms with Gasteiger partial charge < -0.3 is 11.1 Å². The number of aryl methyl sites for hydroxylation is 2. The van der Waals surface area contributed by atoms with Crippen LogP contribution in [0.4, 0.5) is 11.5 Å². The molecule has 2 aromatic rings. The number of rotatable bonds is 6. The first-order valence-corrected chi connectivity index (χ1v) is 7.81. The van der Waals surface area contributed by atoms with Crippen LogP contribution in [0.3, 0.4) is 0 Å². The van der Waals surface area contributed by atoms with Crippen molar-refractivity contribution in [1.82, 2.24) is 4.98 Å². The fraction of sp³-hybridized carbons (Fsp3) is 0.333. The maximum absolute atomic E-state index is 5.92. The number of unbranched alkanes of at least 4 members (excludes halogenated alkanes) is 2. The van der Waals surface area contributed by atoms with E-state index in [4.69, 9.17) is 5.73 Å². The number of aromatic nitrogens is 1. The zero-order valence-electron chi connectivity index (χ0n) is 13.3. The van der Waals surface area contributed by atoms with E-state index in [-0.39, 0.29) is 0 Å². The summed E-state index contributed by atoms with van der Waals surface area (Å²) in [6.07, 6.45) is 4.90. The first-order valence-electron chi connectivity index (χ1n) is 7.81. The summed E-state index contributed by atoms with van der Waals surface area (Å²) in [5, 5.41) is 3.09. The molecule has 3 N–H and O–H groups in total. The van der Waals surface area contributed by atoms with Gasteiger partial charge in [0.15, 0.2) is 11.8 Å². The lowest BCUT2D eigenvalue weighted by atomic mass is 10.1. The lowest BCUT2D eigenvalue weighted by Crippen LogP contribution is -2.22. The molecule has 1 aromatic heterocycles. The number of benzene rings is 1. The molecule has 0 radical (unpaired) electrons. The molecule has 0 saturated heterocycles. The molecule has 4 nitrogen and oxygen atoms in total. The molecule has 0 aliphatic heterocycles. The van der Waals surface area contributed by atoms with E-state index in [0.717, 1.165) is 17.8 Å². The number of nitrogens with two attached hydrogens (primary N) is 1. The number of anilines is 1. The number of hydrogen-bond acceptors (Lipinski definition) is 2. The Morgan fingerprint density at radius 1 is 1.14 bits per heavy atom. The summed E-state index contributed by atoms with van der Waals surface area (Å²) in [4.78, 5) is 8.57. The van der Waals surface area contributed by atoms with E-state index < -0.39 is 0 Å². The Morgan fingerprint density at radius 3 is 2.59 bits per heavy atom. The van der Waals surface area contributed by atoms with E-state index in [2.05, 4.69) is 34.3 Å². The van der Waals surface area contributed by atoms with Crippen molar-refractivity contribution in [2.45, 2.75) is 39.5 Å². The molecule has 0 amide bonds. The normalized spacial score (nSPS) is 11.5. The molecule has 0 aliphatic carbocycles. The van der Waals surface area contributed by atoms with Crippen LogP contribution in [-0.2, 0) is 6.42 Å². The molecule has 0 atom stereocenters. The van der Waals surface area contributed by atoms with E-state index in [1.54, 1.807) is 0 Å². The fourth-order valence-corrected chi connectivity index (χ4v) is 2.22. The van der Waals surface area contributed by atoms with E-state index in [9.17, 15) is 0 Å². The molecule has 0 unspecified atom stereocenters. The third-order valence-corrected chi connectivity index (χ3v) is 3.40. The highest BCUT2D eigenvalue weighted by atomic mass is 15.1. The maximum Gasteiger partial charge on any atom is 0.199 e. The molecule has 22 heavy (non-hydrogen) atoms. The number of guanidine groups is 1. The lowest BCUT2D eigenvalue weighted by Gasteiger charge is -2.07. The van der Waals surface area contributed by atoms with Crippen molar-refractivity contribution >= 4 is 17.5 Å². The van der Waals surface area contributed by atoms with Gasteiger partial charge in [0.05, 0.1) is 0 Å². The van der Waals surface area contributed by atoms with E-state index in [1.807, 2.05) is 37.3 Å². The topological polar surface area (TPSA) is 63.3 Å². The van der Waals surface area contributed by atoms with Crippen LogP contribution in [-0.4, -0.2) is 10.9 Å². The molecule has 0 spiro atoms. The molecule has 0 saturated carbocycles. The number of nitrogens with one attached hydrogen (secondary N) is 1. The van der Waals surface area contributed by atoms with Gasteiger partial charge in [-0.05, 0) is 49.6 Å². The standard InChI is InChI=1S/C18H24N4/c1-3-4-5-8-15-10-12-16(13-11-15)21-18(19)22-17-9-6-7-14(2)20-17/h6-7,9-13H,3-5,8H2,1-2H3,(H3,19,20,21,22). The molecule has 116 valence electrons. The van der Waals surface area contributed by atoms with Gasteiger partial charge in [0.2, 0.25) is 0 Å². The molecule has 0 aliphatic rings. The smallest absolute Gasteiger partial charge is 0.199 e. The zero-order valence-corrected chi connectivity index (χ0v) is 13.3. The maximum atomic E-state index is 5.92. The van der Waals surface area contributed by atoms with Crippen LogP contribution in [0.1, 0.15) is 37.4 Å². The van der Waals surface area contributed by atoms with Gasteiger partial charge in [-0.15, -0.1) is 0 Å². The zero-order chi connectivity index (χ0) is 15.8. The minimum atomic E-state index is 0.344. The summed E-state index contributed by atoms with van der Waals surface area (Å²) in [7, 11) is 0. The van der Waals surface area contributed by atoms with Crippen LogP contribution in [0.5, 0.6) is 0 Å². The van der Waals surface area contributed by atoms with Crippen molar-refractivity contribution in [3.63, 3.8) is 0 Å². The third-order valence-electron chi connectivity index (χ3n) is 3.40. The van der Waals surface area contributed by atoms with Gasteiger partial charge in [-0.2, -0.15) is 4.99 Å². The van der Waals surface area contributed by atoms with Crippen LogP contribution in [0.2, 0.25) is 0 Å². The average Bonchev–Trinajstić information content (AvgIpc) is 2.49. The molecule has 1 aromatic carbocycles. The Bertz CT molecular complexity index is 617. The number of aliphatic imine (C=N–C) groups is 1. The molecule has 4 heteroatoms. The van der Waals surface area contributed by atoms with Crippen LogP contribution in [0.15, 0.2) is 47.5 Å². The van der Waals surface area contributed by atoms with Gasteiger partial charge in [0.25, 0.3) is 0 Å². The summed E-state index contributed by atoms with van der Waals surface area (Å²) in [5.41, 5.74) is 9.14. The number of hydrogen-bond donors (Lipinski definition) is 2. The van der Waals surface area contributed by atoms with Crippen molar-refractivity contribution in [2.75, 3.05) is 5.32 Å². The van der Waals surface area contributed by atoms with Crippen molar-refractivity contribution in [2.24, 2.45) is 10.7 Å². The quantitative estimate of drug-likeness (QED) is 0.477. The molecule has 2 rings (SSSR count). The van der Waals surface area contributed by atoms with Crippen molar-refractivity contribution in [3.8, 4) is 0 Å². The molecular formula is C18H24N4. The van der Waals surface area contributed by atoms with Crippen LogP contribution in [0, 0.1) is 6.92 Å². The molecule has 0 fully saturated rings. The summed E-state index contributed by atoms with van der Waals surface area (Å²) < 4.78 is 0. The van der Waals surface area contributed by atoms with Gasteiger partial charge in [0, 0.05) is 11.4 Å². The first kappa shape index (κ1) is 16.0. The Hall–Kier alpha value is -2.36. The Balaban J connectivity index is 1.95. The largest absolute Gasteiger partial charge is 0.369 e. The second-order valence-electron chi connectivity index (χ2n) is 5.41. The Kier molecular flexibility index (Phi) is 5.95. The average molecular weight is 296 g/mol.